The fourth-order valence-electron chi connectivity index (χ4n) is 3.92. The molecule has 1 aromatic carbocycles. The molecule has 0 saturated carbocycles. The summed E-state index contributed by atoms with van der Waals surface area (Å²) in [7, 11) is 0. The van der Waals surface area contributed by atoms with Crippen LogP contribution in [-0.4, -0.2) is 62.4 Å². The molecule has 0 N–H and O–H groups in total. The van der Waals surface area contributed by atoms with Crippen LogP contribution in [0.15, 0.2) is 29.4 Å². The van der Waals surface area contributed by atoms with Crippen molar-refractivity contribution in [1.29, 1.82) is 0 Å². The minimum atomic E-state index is -1.24. The molecule has 4 rings (SSSR count). The van der Waals surface area contributed by atoms with Gasteiger partial charge in [-0.15, -0.1) is 0 Å². The van der Waals surface area contributed by atoms with Crippen LogP contribution >= 0.6 is 11.8 Å². The first-order chi connectivity index (χ1) is 15.0. The largest absolute Gasteiger partial charge is 0.612 e. The van der Waals surface area contributed by atoms with Crippen LogP contribution < -0.4 is 9.64 Å². The fraction of sp³-hybridized carbons (Fsp3) is 0.476. The van der Waals surface area contributed by atoms with E-state index in [1.807, 2.05) is 16.7 Å². The zero-order chi connectivity index (χ0) is 22.0. The Kier molecular flexibility index (Phi) is 6.88. The smallest absolute Gasteiger partial charge is 0.281 e. The number of aromatic nitrogens is 2. The number of carbonyl (C=O) groups is 1. The topological polar surface area (TPSA) is 81.6 Å². The van der Waals surface area contributed by atoms with Gasteiger partial charge in [-0.2, -0.15) is 0 Å². The predicted molar refractivity (Wildman–Crippen MR) is 120 cm³/mol. The van der Waals surface area contributed by atoms with E-state index in [1.165, 1.54) is 30.4 Å². The molecule has 1 aromatic heterocycles. The zero-order valence-electron chi connectivity index (χ0n) is 17.5. The minimum Gasteiger partial charge on any atom is -0.612 e. The first-order valence-electron chi connectivity index (χ1n) is 10.3. The number of hydrogen-bond donors (Lipinski definition) is 0. The van der Waals surface area contributed by atoms with Crippen LogP contribution in [0.5, 0.6) is 5.88 Å². The maximum atomic E-state index is 14.7. The first kappa shape index (κ1) is 22.2. The van der Waals surface area contributed by atoms with Crippen molar-refractivity contribution in [1.82, 2.24) is 14.9 Å². The van der Waals surface area contributed by atoms with E-state index in [0.717, 1.165) is 24.2 Å². The summed E-state index contributed by atoms with van der Waals surface area (Å²) in [5, 5.41) is 0.125. The molecule has 7 nitrogen and oxygen atoms in total. The standard InChI is InChI=1S/C21H25FN4O3S2/c1-3-30-21(27)25-9-6-14(7-10-25)29-20-16-8-11-26(19(16)23-13-24-20)18-5-4-15(31(2)28)12-17(18)22/h4-5,12-14H,3,6-11H2,1-2H3. The van der Waals surface area contributed by atoms with Gasteiger partial charge in [0.05, 0.1) is 11.3 Å². The van der Waals surface area contributed by atoms with E-state index in [4.69, 9.17) is 4.74 Å². The van der Waals surface area contributed by atoms with Crippen LogP contribution in [0, 0.1) is 5.82 Å². The van der Waals surface area contributed by atoms with Crippen molar-refractivity contribution in [2.24, 2.45) is 0 Å². The highest BCUT2D eigenvalue weighted by atomic mass is 32.2. The van der Waals surface area contributed by atoms with Crippen LogP contribution in [0.1, 0.15) is 25.3 Å². The van der Waals surface area contributed by atoms with E-state index < -0.39 is 17.0 Å². The third kappa shape index (κ3) is 4.75. The second kappa shape index (κ2) is 9.62. The van der Waals surface area contributed by atoms with Crippen molar-refractivity contribution in [3.8, 4) is 5.88 Å². The number of carbonyl (C=O) groups excluding carboxylic acids is 1. The molecule has 1 unspecified atom stereocenters. The lowest BCUT2D eigenvalue weighted by molar-refractivity contribution is 0.114. The molecule has 1 atom stereocenters. The number of fused-ring (bicyclic) bond motifs is 1. The number of likely N-dealkylation sites (tertiary alicyclic amines) is 1. The van der Waals surface area contributed by atoms with Gasteiger partial charge in [-0.1, -0.05) is 18.7 Å². The molecule has 0 aliphatic carbocycles. The number of amides is 1. The number of ether oxygens (including phenoxy) is 1. The number of thioether (sulfide) groups is 1. The van der Waals surface area contributed by atoms with E-state index in [-0.39, 0.29) is 11.3 Å². The Hall–Kier alpha value is -2.04. The summed E-state index contributed by atoms with van der Waals surface area (Å²) < 4.78 is 32.5. The molecule has 3 heterocycles. The molecule has 1 fully saturated rings. The molecule has 1 amide bonds. The van der Waals surface area contributed by atoms with E-state index in [1.54, 1.807) is 12.1 Å². The predicted octanol–water partition coefficient (Wildman–Crippen LogP) is 3.76. The van der Waals surface area contributed by atoms with Crippen molar-refractivity contribution in [3.63, 3.8) is 0 Å². The summed E-state index contributed by atoms with van der Waals surface area (Å²) in [6, 6.07) is 4.63. The molecule has 2 aliphatic heterocycles. The molecule has 1 saturated heterocycles. The lowest BCUT2D eigenvalue weighted by atomic mass is 10.1. The Morgan fingerprint density at radius 3 is 2.77 bits per heavy atom. The molecular formula is C21H25FN4O3S2. The molecule has 0 spiro atoms. The Labute approximate surface area is 188 Å². The van der Waals surface area contributed by atoms with Crippen molar-refractivity contribution in [3.05, 3.63) is 35.9 Å². The van der Waals surface area contributed by atoms with Gasteiger partial charge in [0.15, 0.2) is 10.7 Å². The Balaban J connectivity index is 1.47. The van der Waals surface area contributed by atoms with Crippen molar-refractivity contribution in [2.45, 2.75) is 37.2 Å². The van der Waals surface area contributed by atoms with Gasteiger partial charge in [0, 0.05) is 38.5 Å². The lowest BCUT2D eigenvalue weighted by Crippen LogP contribution is -2.40. The SMILES string of the molecule is CCSC(=O)N1CCC(Oc2ncnc3c2CCN3c2ccc([S+](C)[O-])cc2F)CC1. The second-order valence-electron chi connectivity index (χ2n) is 7.45. The summed E-state index contributed by atoms with van der Waals surface area (Å²) in [6.45, 7) is 3.89. The van der Waals surface area contributed by atoms with Gasteiger partial charge in [-0.25, -0.2) is 14.4 Å². The van der Waals surface area contributed by atoms with Crippen LogP contribution in [0.3, 0.4) is 0 Å². The number of halogens is 1. The summed E-state index contributed by atoms with van der Waals surface area (Å²) in [4.78, 5) is 24.9. The van der Waals surface area contributed by atoms with E-state index in [0.29, 0.717) is 48.3 Å². The van der Waals surface area contributed by atoms with Gasteiger partial charge in [-0.05, 0) is 35.5 Å². The second-order valence-corrected chi connectivity index (χ2v) is 10.0. The van der Waals surface area contributed by atoms with Crippen LogP contribution in [0.2, 0.25) is 0 Å². The minimum absolute atomic E-state index is 0.0146. The van der Waals surface area contributed by atoms with Gasteiger partial charge in [0.2, 0.25) is 5.88 Å². The molecule has 10 heteroatoms. The van der Waals surface area contributed by atoms with Crippen LogP contribution in [-0.2, 0) is 17.6 Å². The first-order valence-corrected chi connectivity index (χ1v) is 12.8. The molecule has 31 heavy (non-hydrogen) atoms. The maximum absolute atomic E-state index is 14.7. The maximum Gasteiger partial charge on any atom is 0.281 e. The summed E-state index contributed by atoms with van der Waals surface area (Å²) in [5.74, 6) is 1.52. The van der Waals surface area contributed by atoms with Gasteiger partial charge >= 0.3 is 0 Å². The fourth-order valence-corrected chi connectivity index (χ4v) is 5.06. The number of anilines is 2. The Morgan fingerprint density at radius 2 is 2.10 bits per heavy atom. The quantitative estimate of drug-likeness (QED) is 0.623. The van der Waals surface area contributed by atoms with Gasteiger partial charge < -0.3 is 19.1 Å². The average Bonchev–Trinajstić information content (AvgIpc) is 3.19. The number of nitrogens with zero attached hydrogens (tertiary/aromatic N) is 4. The van der Waals surface area contributed by atoms with Gasteiger partial charge in [0.25, 0.3) is 5.24 Å². The van der Waals surface area contributed by atoms with Crippen molar-refractivity contribution >= 4 is 39.7 Å². The normalized spacial score (nSPS) is 17.5. The lowest BCUT2D eigenvalue weighted by Gasteiger charge is -2.31. The Morgan fingerprint density at radius 1 is 1.32 bits per heavy atom. The molecule has 2 aliphatic rings. The zero-order valence-corrected chi connectivity index (χ0v) is 19.2. The van der Waals surface area contributed by atoms with Crippen LogP contribution in [0.25, 0.3) is 0 Å². The monoisotopic (exact) mass is 464 g/mol. The molecule has 166 valence electrons. The molecular weight excluding hydrogens is 439 g/mol. The number of piperidine rings is 1. The highest BCUT2D eigenvalue weighted by Crippen LogP contribution is 2.38. The molecule has 0 radical (unpaired) electrons. The summed E-state index contributed by atoms with van der Waals surface area (Å²) in [6.07, 6.45) is 5.11. The summed E-state index contributed by atoms with van der Waals surface area (Å²) >= 11 is 0.0942. The highest BCUT2D eigenvalue weighted by Gasteiger charge is 2.30. The van der Waals surface area contributed by atoms with Crippen molar-refractivity contribution < 1.29 is 18.5 Å². The number of rotatable bonds is 5. The third-order valence-electron chi connectivity index (χ3n) is 5.51. The highest BCUT2D eigenvalue weighted by molar-refractivity contribution is 8.13. The van der Waals surface area contributed by atoms with E-state index in [2.05, 4.69) is 9.97 Å². The molecule has 2 aromatic rings. The van der Waals surface area contributed by atoms with E-state index >= 15 is 0 Å². The number of benzene rings is 1. The number of hydrogen-bond acceptors (Lipinski definition) is 7. The van der Waals surface area contributed by atoms with E-state index in [9.17, 15) is 13.7 Å². The van der Waals surface area contributed by atoms with Gasteiger partial charge in [-0.3, -0.25) is 4.79 Å². The van der Waals surface area contributed by atoms with Gasteiger partial charge in [0.1, 0.15) is 24.5 Å². The average molecular weight is 465 g/mol. The molecule has 0 bridgehead atoms. The third-order valence-corrected chi connectivity index (χ3v) is 7.22. The van der Waals surface area contributed by atoms with Crippen LogP contribution in [0.4, 0.5) is 20.7 Å². The Bertz CT molecular complexity index is 954. The van der Waals surface area contributed by atoms with Crippen molar-refractivity contribution in [2.75, 3.05) is 36.5 Å². The summed E-state index contributed by atoms with van der Waals surface area (Å²) in [5.41, 5.74) is 1.27.